The van der Waals surface area contributed by atoms with E-state index in [9.17, 15) is 26.7 Å². The number of alkyl halides is 3. The molecule has 12 heteroatoms. The monoisotopic (exact) mass is 464 g/mol. The standard InChI is InChI=1S/C21H13F5N4O3/c1-2-32-20(31)16-17(13-6-7-27-10-15(13)23)29-33-18(16)14-9-28-30(19(14)21(24,25)26)12-5-3-4-11(22)8-12/h3-10H,2H2,1H3. The van der Waals surface area contributed by atoms with Crippen LogP contribution in [-0.2, 0) is 10.9 Å². The van der Waals surface area contributed by atoms with Crippen LogP contribution in [-0.4, -0.2) is 32.5 Å². The molecular formula is C21H13F5N4O3. The molecule has 0 amide bonds. The van der Waals surface area contributed by atoms with E-state index in [1.165, 1.54) is 31.3 Å². The Labute approximate surface area is 182 Å². The summed E-state index contributed by atoms with van der Waals surface area (Å²) in [5.41, 5.74) is -3.35. The maximum atomic E-state index is 14.3. The van der Waals surface area contributed by atoms with Gasteiger partial charge in [0.15, 0.2) is 17.3 Å². The highest BCUT2D eigenvalue weighted by atomic mass is 19.4. The molecule has 7 nitrogen and oxygen atoms in total. The second-order valence-corrected chi connectivity index (χ2v) is 6.61. The average molecular weight is 464 g/mol. The Bertz CT molecular complexity index is 1330. The molecule has 0 saturated carbocycles. The summed E-state index contributed by atoms with van der Waals surface area (Å²) in [6, 6.07) is 5.54. The SMILES string of the molecule is CCOC(=O)c1c(-c2ccncc2F)noc1-c1cnn(-c2cccc(F)c2)c1C(F)(F)F. The minimum absolute atomic E-state index is 0.115. The number of hydrogen-bond acceptors (Lipinski definition) is 6. The third-order valence-corrected chi connectivity index (χ3v) is 4.53. The van der Waals surface area contributed by atoms with E-state index >= 15 is 0 Å². The van der Waals surface area contributed by atoms with Gasteiger partial charge in [-0.2, -0.15) is 18.3 Å². The van der Waals surface area contributed by atoms with Gasteiger partial charge in [-0.05, 0) is 31.2 Å². The van der Waals surface area contributed by atoms with Crippen molar-refractivity contribution in [3.8, 4) is 28.3 Å². The van der Waals surface area contributed by atoms with Crippen molar-refractivity contribution in [3.63, 3.8) is 0 Å². The van der Waals surface area contributed by atoms with Crippen LogP contribution in [0, 0.1) is 11.6 Å². The first-order valence-corrected chi connectivity index (χ1v) is 9.40. The molecule has 0 aliphatic carbocycles. The van der Waals surface area contributed by atoms with Crippen LogP contribution in [0.4, 0.5) is 22.0 Å². The predicted molar refractivity (Wildman–Crippen MR) is 103 cm³/mol. The fourth-order valence-electron chi connectivity index (χ4n) is 3.21. The summed E-state index contributed by atoms with van der Waals surface area (Å²) in [5, 5.41) is 7.36. The maximum absolute atomic E-state index is 14.3. The molecule has 0 bridgehead atoms. The third-order valence-electron chi connectivity index (χ3n) is 4.53. The highest BCUT2D eigenvalue weighted by Crippen LogP contribution is 2.42. The summed E-state index contributed by atoms with van der Waals surface area (Å²) < 4.78 is 80.7. The van der Waals surface area contributed by atoms with Crippen molar-refractivity contribution < 1.29 is 36.0 Å². The lowest BCUT2D eigenvalue weighted by atomic mass is 10.0. The number of aromatic nitrogens is 4. The summed E-state index contributed by atoms with van der Waals surface area (Å²) in [4.78, 5) is 16.3. The highest BCUT2D eigenvalue weighted by molar-refractivity contribution is 6.02. The smallest absolute Gasteiger partial charge is 0.434 e. The van der Waals surface area contributed by atoms with Crippen molar-refractivity contribution in [3.05, 3.63) is 71.8 Å². The lowest BCUT2D eigenvalue weighted by molar-refractivity contribution is -0.142. The van der Waals surface area contributed by atoms with Gasteiger partial charge in [-0.1, -0.05) is 11.2 Å². The number of benzene rings is 1. The molecule has 0 fully saturated rings. The van der Waals surface area contributed by atoms with Gasteiger partial charge in [0.05, 0.1) is 30.3 Å². The number of carbonyl (C=O) groups excluding carboxylic acids is 1. The quantitative estimate of drug-likeness (QED) is 0.303. The molecule has 0 spiro atoms. The van der Waals surface area contributed by atoms with Gasteiger partial charge in [0.1, 0.15) is 17.1 Å². The Morgan fingerprint density at radius 2 is 1.94 bits per heavy atom. The third kappa shape index (κ3) is 4.06. The van der Waals surface area contributed by atoms with Gasteiger partial charge in [-0.15, -0.1) is 0 Å². The van der Waals surface area contributed by atoms with Gasteiger partial charge in [0.2, 0.25) is 0 Å². The molecule has 0 N–H and O–H groups in total. The predicted octanol–water partition coefficient (Wildman–Crippen LogP) is 5.06. The molecule has 0 saturated heterocycles. The molecule has 33 heavy (non-hydrogen) atoms. The van der Waals surface area contributed by atoms with Crippen LogP contribution in [0.25, 0.3) is 28.3 Å². The van der Waals surface area contributed by atoms with Gasteiger partial charge in [-0.3, -0.25) is 4.98 Å². The van der Waals surface area contributed by atoms with E-state index in [1.54, 1.807) is 0 Å². The lowest BCUT2D eigenvalue weighted by Gasteiger charge is -2.12. The van der Waals surface area contributed by atoms with E-state index < -0.39 is 46.4 Å². The average Bonchev–Trinajstić information content (AvgIpc) is 3.38. The summed E-state index contributed by atoms with van der Waals surface area (Å²) in [6.45, 7) is 1.37. The highest BCUT2D eigenvalue weighted by Gasteiger charge is 2.42. The molecular weight excluding hydrogens is 451 g/mol. The van der Waals surface area contributed by atoms with Gasteiger partial charge < -0.3 is 9.26 Å². The molecule has 0 aliphatic rings. The Morgan fingerprint density at radius 3 is 2.61 bits per heavy atom. The molecule has 0 aliphatic heterocycles. The van der Waals surface area contributed by atoms with Gasteiger partial charge in [0, 0.05) is 11.8 Å². The summed E-state index contributed by atoms with van der Waals surface area (Å²) in [6.07, 6.45) is -2.14. The zero-order valence-electron chi connectivity index (χ0n) is 16.7. The van der Waals surface area contributed by atoms with Gasteiger partial charge >= 0.3 is 12.1 Å². The number of rotatable bonds is 5. The van der Waals surface area contributed by atoms with Crippen molar-refractivity contribution in [1.82, 2.24) is 19.9 Å². The summed E-state index contributed by atoms with van der Waals surface area (Å²) >= 11 is 0. The number of ether oxygens (including phenoxy) is 1. The van der Waals surface area contributed by atoms with Crippen LogP contribution < -0.4 is 0 Å². The summed E-state index contributed by atoms with van der Waals surface area (Å²) in [5.74, 6) is -3.37. The van der Waals surface area contributed by atoms with Crippen molar-refractivity contribution in [2.24, 2.45) is 0 Å². The molecule has 4 rings (SSSR count). The molecule has 3 heterocycles. The second kappa shape index (κ2) is 8.45. The molecule has 4 aromatic rings. The summed E-state index contributed by atoms with van der Waals surface area (Å²) in [7, 11) is 0. The Morgan fingerprint density at radius 1 is 1.15 bits per heavy atom. The molecule has 0 radical (unpaired) electrons. The molecule has 1 aromatic carbocycles. The number of nitrogens with zero attached hydrogens (tertiary/aromatic N) is 4. The van der Waals surface area contributed by atoms with Crippen molar-refractivity contribution >= 4 is 5.97 Å². The lowest BCUT2D eigenvalue weighted by Crippen LogP contribution is -2.15. The molecule has 0 unspecified atom stereocenters. The topological polar surface area (TPSA) is 83.0 Å². The van der Waals surface area contributed by atoms with Crippen LogP contribution >= 0.6 is 0 Å². The Hall–Kier alpha value is -4.09. The molecule has 170 valence electrons. The number of halogens is 5. The van der Waals surface area contributed by atoms with E-state index in [0.717, 1.165) is 24.5 Å². The zero-order valence-corrected chi connectivity index (χ0v) is 16.7. The van der Waals surface area contributed by atoms with Crippen molar-refractivity contribution in [1.29, 1.82) is 0 Å². The first kappa shape index (κ1) is 22.1. The fraction of sp³-hybridized carbons (Fsp3) is 0.143. The number of esters is 1. The van der Waals surface area contributed by atoms with Crippen molar-refractivity contribution in [2.75, 3.05) is 6.61 Å². The van der Waals surface area contributed by atoms with Crippen molar-refractivity contribution in [2.45, 2.75) is 13.1 Å². The van der Waals surface area contributed by atoms with Crippen LogP contribution in [0.15, 0.2) is 53.4 Å². The van der Waals surface area contributed by atoms with Crippen LogP contribution in [0.5, 0.6) is 0 Å². The molecule has 3 aromatic heterocycles. The number of hydrogen-bond donors (Lipinski definition) is 0. The Balaban J connectivity index is 1.98. The first-order chi connectivity index (χ1) is 15.7. The molecule has 0 atom stereocenters. The van der Waals surface area contributed by atoms with E-state index in [4.69, 9.17) is 9.26 Å². The van der Waals surface area contributed by atoms with E-state index in [2.05, 4.69) is 15.2 Å². The minimum Gasteiger partial charge on any atom is -0.462 e. The number of carbonyl (C=O) groups is 1. The van der Waals surface area contributed by atoms with Crippen LogP contribution in [0.3, 0.4) is 0 Å². The van der Waals surface area contributed by atoms with E-state index in [0.29, 0.717) is 4.68 Å². The first-order valence-electron chi connectivity index (χ1n) is 9.40. The van der Waals surface area contributed by atoms with E-state index in [-0.39, 0.29) is 23.6 Å². The maximum Gasteiger partial charge on any atom is 0.434 e. The van der Waals surface area contributed by atoms with Gasteiger partial charge in [-0.25, -0.2) is 18.3 Å². The minimum atomic E-state index is -5.00. The van der Waals surface area contributed by atoms with Gasteiger partial charge in [0.25, 0.3) is 0 Å². The number of pyridine rings is 1. The van der Waals surface area contributed by atoms with Crippen LogP contribution in [0.2, 0.25) is 0 Å². The van der Waals surface area contributed by atoms with E-state index in [1.807, 2.05) is 0 Å². The fourth-order valence-corrected chi connectivity index (χ4v) is 3.21. The largest absolute Gasteiger partial charge is 0.462 e. The van der Waals surface area contributed by atoms with Crippen LogP contribution in [0.1, 0.15) is 23.0 Å². The zero-order chi connectivity index (χ0) is 23.8. The second-order valence-electron chi connectivity index (χ2n) is 6.61. The normalized spacial score (nSPS) is 11.6. The Kier molecular flexibility index (Phi) is 5.66.